The highest BCUT2D eigenvalue weighted by atomic mass is 79.9. The zero-order valence-corrected chi connectivity index (χ0v) is 39.9. The van der Waals surface area contributed by atoms with Crippen molar-refractivity contribution in [1.29, 1.82) is 5.26 Å². The van der Waals surface area contributed by atoms with Gasteiger partial charge in [-0.05, 0) is 117 Å². The van der Waals surface area contributed by atoms with E-state index in [0.29, 0.717) is 30.7 Å². The average molecular weight is 945 g/mol. The molecule has 8 aromatic rings. The number of nitrogens with zero attached hydrogens (tertiary/aromatic N) is 10. The molecule has 336 valence electrons. The van der Waals surface area contributed by atoms with Gasteiger partial charge in [0.25, 0.3) is 0 Å². The van der Waals surface area contributed by atoms with E-state index in [-0.39, 0.29) is 18.2 Å². The molecule has 13 nitrogen and oxygen atoms in total. The van der Waals surface area contributed by atoms with Crippen LogP contribution in [-0.2, 0) is 4.74 Å². The summed E-state index contributed by atoms with van der Waals surface area (Å²) in [6.45, 7) is 17.8. The molecular weight excluding hydrogens is 891 g/mol. The molecule has 0 bridgehead atoms. The van der Waals surface area contributed by atoms with Gasteiger partial charge < -0.3 is 24.8 Å². The van der Waals surface area contributed by atoms with Crippen LogP contribution in [0.4, 0.5) is 16.2 Å². The van der Waals surface area contributed by atoms with Crippen molar-refractivity contribution in [3.05, 3.63) is 132 Å². The maximum Gasteiger partial charge on any atom is 0.410 e. The van der Waals surface area contributed by atoms with Gasteiger partial charge in [-0.15, -0.1) is 0 Å². The molecule has 4 atom stereocenters. The fraction of sp³-hybridized carbons (Fsp3) is 0.308. The lowest BCUT2D eigenvalue weighted by molar-refractivity contribution is 0.0193. The van der Waals surface area contributed by atoms with Crippen molar-refractivity contribution in [1.82, 2.24) is 39.4 Å². The van der Waals surface area contributed by atoms with Crippen molar-refractivity contribution in [2.24, 2.45) is 0 Å². The molecule has 0 aliphatic carbocycles. The van der Waals surface area contributed by atoms with E-state index >= 15 is 0 Å². The van der Waals surface area contributed by atoms with Crippen LogP contribution in [0.15, 0.2) is 127 Å². The molecule has 1 N–H and O–H groups in total. The summed E-state index contributed by atoms with van der Waals surface area (Å²) < 4.78 is 10.1. The first-order valence-electron chi connectivity index (χ1n) is 22.5. The standard InChI is InChI=1S/C29H26N6.C23H28BrN5O2/c1-19-14-31-15-20(2)35(19)24-10-7-21(8-11-24)23-16-32-29-28(17-33-34(29)18-23)27-12-9-22(13-30)25-5-3-4-6-26(25)27;1-15-12-27(22(30)31-23(3,4)5)13-16(2)29(15)19-8-6-17(7-9-19)18-10-25-21-20(24)11-26-28(21)14-18/h3-12,16-20,31H,14-15H2,1-2H3;6-11,14-16H,12-13H2,1-5H3/t19-,20+;15-,16+. The Kier molecular flexibility index (Phi) is 12.3. The zero-order valence-electron chi connectivity index (χ0n) is 38.4. The van der Waals surface area contributed by atoms with Gasteiger partial charge in [0.2, 0.25) is 0 Å². The normalized spacial score (nSPS) is 18.9. The monoisotopic (exact) mass is 943 g/mol. The molecule has 0 spiro atoms. The molecule has 6 heterocycles. The molecule has 4 aromatic carbocycles. The number of piperazine rings is 2. The summed E-state index contributed by atoms with van der Waals surface area (Å²) >= 11 is 3.46. The van der Waals surface area contributed by atoms with Gasteiger partial charge in [-0.3, -0.25) is 0 Å². The van der Waals surface area contributed by atoms with Crippen LogP contribution in [0.3, 0.4) is 0 Å². The van der Waals surface area contributed by atoms with Crippen LogP contribution >= 0.6 is 15.9 Å². The van der Waals surface area contributed by atoms with E-state index in [1.54, 1.807) is 10.7 Å². The third-order valence-electron chi connectivity index (χ3n) is 12.4. The number of amides is 1. The van der Waals surface area contributed by atoms with Crippen molar-refractivity contribution in [3.8, 4) is 39.4 Å². The number of rotatable bonds is 5. The lowest BCUT2D eigenvalue weighted by Crippen LogP contribution is -2.58. The Morgan fingerprint density at radius 1 is 0.667 bits per heavy atom. The lowest BCUT2D eigenvalue weighted by Gasteiger charge is -2.45. The molecule has 4 aromatic heterocycles. The van der Waals surface area contributed by atoms with Crippen LogP contribution in [0, 0.1) is 11.3 Å². The first-order chi connectivity index (χ1) is 31.8. The summed E-state index contributed by atoms with van der Waals surface area (Å²) in [5.41, 5.74) is 10.4. The van der Waals surface area contributed by atoms with Crippen LogP contribution in [0.2, 0.25) is 0 Å². The predicted octanol–water partition coefficient (Wildman–Crippen LogP) is 10.3. The Balaban J connectivity index is 0.000000167. The van der Waals surface area contributed by atoms with E-state index in [4.69, 9.17) is 9.72 Å². The number of hydrogen-bond acceptors (Lipinski definition) is 10. The summed E-state index contributed by atoms with van der Waals surface area (Å²) in [4.78, 5) is 28.5. The Bertz CT molecular complexity index is 3060. The number of nitriles is 1. The van der Waals surface area contributed by atoms with Gasteiger partial charge in [0.15, 0.2) is 11.3 Å². The van der Waals surface area contributed by atoms with E-state index in [1.807, 2.05) is 97.6 Å². The van der Waals surface area contributed by atoms with Gasteiger partial charge in [-0.1, -0.05) is 54.6 Å². The second-order valence-electron chi connectivity index (χ2n) is 18.4. The summed E-state index contributed by atoms with van der Waals surface area (Å²) in [6, 6.07) is 32.7. The third-order valence-corrected chi connectivity index (χ3v) is 13.0. The minimum absolute atomic E-state index is 0.182. The van der Waals surface area contributed by atoms with E-state index < -0.39 is 5.60 Å². The Hall–Kier alpha value is -6.82. The second kappa shape index (κ2) is 18.2. The Labute approximate surface area is 393 Å². The van der Waals surface area contributed by atoms with E-state index in [9.17, 15) is 10.1 Å². The molecule has 2 fully saturated rings. The number of carbonyl (C=O) groups excluding carboxylic acids is 1. The summed E-state index contributed by atoms with van der Waals surface area (Å²) in [6.07, 6.45) is 11.1. The molecule has 2 aliphatic rings. The van der Waals surface area contributed by atoms with E-state index in [1.165, 1.54) is 5.69 Å². The van der Waals surface area contributed by atoms with Crippen LogP contribution in [0.5, 0.6) is 0 Å². The summed E-state index contributed by atoms with van der Waals surface area (Å²) in [5.74, 6) is 0. The molecule has 2 saturated heterocycles. The molecular formula is C52H54BrN11O2. The number of hydrogen-bond donors (Lipinski definition) is 1. The van der Waals surface area contributed by atoms with Crippen molar-refractivity contribution >= 4 is 55.5 Å². The molecule has 2 aliphatic heterocycles. The summed E-state index contributed by atoms with van der Waals surface area (Å²) in [5, 5.41) is 23.9. The minimum Gasteiger partial charge on any atom is -0.444 e. The fourth-order valence-electron chi connectivity index (χ4n) is 9.44. The molecule has 66 heavy (non-hydrogen) atoms. The third kappa shape index (κ3) is 8.93. The number of halogens is 1. The van der Waals surface area contributed by atoms with Crippen molar-refractivity contribution in [2.75, 3.05) is 36.0 Å². The topological polar surface area (TPSA) is 132 Å². The predicted molar refractivity (Wildman–Crippen MR) is 266 cm³/mol. The van der Waals surface area contributed by atoms with Gasteiger partial charge in [0.1, 0.15) is 5.60 Å². The Morgan fingerprint density at radius 3 is 1.77 bits per heavy atom. The highest BCUT2D eigenvalue weighted by Crippen LogP contribution is 2.34. The number of anilines is 2. The molecule has 0 radical (unpaired) electrons. The quantitative estimate of drug-likeness (QED) is 0.178. The Morgan fingerprint density at radius 2 is 1.20 bits per heavy atom. The van der Waals surface area contributed by atoms with Crippen LogP contribution in [-0.4, -0.2) is 96.1 Å². The second-order valence-corrected chi connectivity index (χ2v) is 19.3. The lowest BCUT2D eigenvalue weighted by atomic mass is 9.97. The maximum atomic E-state index is 12.5. The molecule has 0 unspecified atom stereocenters. The van der Waals surface area contributed by atoms with Crippen LogP contribution in [0.1, 0.15) is 54.0 Å². The zero-order chi connectivity index (χ0) is 46.3. The molecule has 1 amide bonds. The summed E-state index contributed by atoms with van der Waals surface area (Å²) in [7, 11) is 0. The minimum atomic E-state index is -0.485. The van der Waals surface area contributed by atoms with E-state index in [2.05, 4.69) is 129 Å². The fourth-order valence-corrected chi connectivity index (χ4v) is 9.82. The number of benzene rings is 4. The van der Waals surface area contributed by atoms with Gasteiger partial charge >= 0.3 is 6.09 Å². The first-order valence-corrected chi connectivity index (χ1v) is 23.3. The highest BCUT2D eigenvalue weighted by Gasteiger charge is 2.34. The number of carbonyl (C=O) groups is 1. The SMILES string of the molecule is C[C@@H]1CN(C(=O)OC(C)(C)C)C[C@H](C)N1c1ccc(-c2cnc3c(Br)cnn3c2)cc1.C[C@@H]1CNC[C@H](C)N1c1ccc(-c2cnc3c(-c4ccc(C#N)c5ccccc45)cnn3c2)cc1. The molecule has 10 rings (SSSR count). The van der Waals surface area contributed by atoms with Crippen LogP contribution in [0.25, 0.3) is 55.4 Å². The van der Waals surface area contributed by atoms with Gasteiger partial charge in [-0.25, -0.2) is 23.8 Å². The molecule has 14 heteroatoms. The largest absolute Gasteiger partial charge is 0.444 e. The number of ether oxygens (including phenoxy) is 1. The smallest absolute Gasteiger partial charge is 0.410 e. The first kappa shape index (κ1) is 44.4. The van der Waals surface area contributed by atoms with Gasteiger partial charge in [0, 0.05) is 109 Å². The highest BCUT2D eigenvalue weighted by molar-refractivity contribution is 9.10. The van der Waals surface area contributed by atoms with E-state index in [0.717, 1.165) is 78.7 Å². The number of nitrogens with one attached hydrogen (secondary N) is 1. The van der Waals surface area contributed by atoms with Crippen molar-refractivity contribution < 1.29 is 9.53 Å². The van der Waals surface area contributed by atoms with Gasteiger partial charge in [-0.2, -0.15) is 15.5 Å². The number of fused-ring (bicyclic) bond motifs is 3. The maximum absolute atomic E-state index is 12.5. The molecule has 0 saturated carbocycles. The number of aromatic nitrogens is 6. The average Bonchev–Trinajstić information content (AvgIpc) is 3.90. The van der Waals surface area contributed by atoms with Crippen molar-refractivity contribution in [3.63, 3.8) is 0 Å². The van der Waals surface area contributed by atoms with Crippen molar-refractivity contribution in [2.45, 2.75) is 78.2 Å². The van der Waals surface area contributed by atoms with Gasteiger partial charge in [0.05, 0.1) is 28.5 Å². The van der Waals surface area contributed by atoms with Crippen LogP contribution < -0.4 is 15.1 Å².